The summed E-state index contributed by atoms with van der Waals surface area (Å²) in [4.78, 5) is 12.9. The van der Waals surface area contributed by atoms with Crippen LogP contribution >= 0.6 is 0 Å². The second-order valence-corrected chi connectivity index (χ2v) is 27.1. The number of amides is 1. The van der Waals surface area contributed by atoms with Crippen molar-refractivity contribution in [1.29, 1.82) is 0 Å². The third-order valence-corrected chi connectivity index (χ3v) is 19.4. The van der Waals surface area contributed by atoms with E-state index in [1.54, 1.807) is 13.8 Å². The van der Waals surface area contributed by atoms with Gasteiger partial charge in [0.15, 0.2) is 31.5 Å². The Bertz CT molecular complexity index is 3650. The number of rotatable bonds is 32. The van der Waals surface area contributed by atoms with Gasteiger partial charge in [0, 0.05) is 6.92 Å². The summed E-state index contributed by atoms with van der Waals surface area (Å²) in [5.74, 6) is -0.594. The van der Waals surface area contributed by atoms with Crippen LogP contribution in [0, 0.1) is 0 Å². The number of carbonyl (C=O) groups is 1. The van der Waals surface area contributed by atoms with Crippen molar-refractivity contribution in [3.05, 3.63) is 251 Å². The summed E-state index contributed by atoms with van der Waals surface area (Å²) in [6.07, 6.45) is -33.4. The summed E-state index contributed by atoms with van der Waals surface area (Å²) in [6.45, 7) is 5.83. The van der Waals surface area contributed by atoms with Gasteiger partial charge < -0.3 is 112 Å². The smallest absolute Gasteiger partial charge is 0.217 e. The second-order valence-electron chi connectivity index (χ2n) is 27.1. The molecule has 5 aliphatic rings. The largest absolute Gasteiger partial charge is 0.394 e. The molecule has 0 saturated carbocycles. The van der Waals surface area contributed by atoms with E-state index in [1.165, 1.54) is 13.8 Å². The number of aliphatic hydroxyl groups excluding tert-OH is 6. The lowest BCUT2D eigenvalue weighted by Gasteiger charge is -2.53. The molecule has 24 heteroatoms. The average molecular weight is 1450 g/mol. The molecule has 24 nitrogen and oxygen atoms in total. The molecule has 5 heterocycles. The topological polar surface area (TPSA) is 298 Å². The van der Waals surface area contributed by atoms with Crippen molar-refractivity contribution in [1.82, 2.24) is 5.32 Å². The first-order chi connectivity index (χ1) is 51.2. The van der Waals surface area contributed by atoms with Gasteiger partial charge >= 0.3 is 0 Å². The van der Waals surface area contributed by atoms with Gasteiger partial charge in [-0.1, -0.05) is 212 Å². The SMILES string of the molecule is CC(=O)N[C@@H]1[C@@H](O[C@@H]2O[C@@H](C)[C@H](OCc3ccccc3)[C@@H](O[C@@H]3O[C@@H](C)[C@H](OCc4ccccc4)[C@@H](O[C@H]4O[C@H](COCc5ccccc5)[C@@H](OCc5ccccc5)[C@H](OCc5ccccc5)[C@H]4OCc4ccccc4)[C@H]3O[C@@H]3O[C@@H](C)[C@H](O)[C@@H](O)[C@H]3O)[C@H]2OCc2ccccc2)[C@H](O)[C@@H](CO)O[C@H]1O. The molecule has 1 amide bonds. The molecule has 12 rings (SSSR count). The fourth-order valence-electron chi connectivity index (χ4n) is 13.8. The maximum Gasteiger partial charge on any atom is 0.217 e. The van der Waals surface area contributed by atoms with Crippen LogP contribution in [0.15, 0.2) is 212 Å². The first-order valence-electron chi connectivity index (χ1n) is 35.9. The van der Waals surface area contributed by atoms with Crippen LogP contribution < -0.4 is 5.32 Å². The quantitative estimate of drug-likeness (QED) is 0.0226. The standard InChI is InChI=1S/C81H97NO23/c1-49-63(85)65(87)66(88)78(97-49)105-76-73(104-80-74(95-46-58-36-22-10-23-37-58)71(94-45-57-34-20-9-21-35-57)69(93-44-56-32-18-8-19-33-56)61(101-80)48-90-41-53-26-12-5-13-27-53)68(92-43-55-30-16-7-17-31-55)51(3)99-81(76)103-72-67(91-42-54-28-14-6-15-29-54)50(2)98-79(75(72)96-47-59-38-24-11-25-39-59)102-70-62(82-52(4)84)77(89)100-60(40-83)64(70)86/h5-39,49-51,60-81,83,85-89H,40-48H2,1-4H3,(H,82,84)/t49-,50-,51-,60+,61+,62+,63-,64+,65+,66+,67-,68-,69+,70+,71-,72+,73+,74+,75+,76+,77+,78-,79-,80+,81-/m0/s1. The van der Waals surface area contributed by atoms with Crippen molar-refractivity contribution >= 4 is 5.91 Å². The van der Waals surface area contributed by atoms with Gasteiger partial charge in [-0.05, 0) is 59.7 Å². The van der Waals surface area contributed by atoms with E-state index in [-0.39, 0.29) is 52.9 Å². The van der Waals surface area contributed by atoms with Crippen LogP contribution in [0.25, 0.3) is 0 Å². The molecule has 0 bridgehead atoms. The molecule has 105 heavy (non-hydrogen) atoms. The Balaban J connectivity index is 1.00. The lowest BCUT2D eigenvalue weighted by Crippen LogP contribution is -2.69. The Morgan fingerprint density at radius 1 is 0.333 bits per heavy atom. The van der Waals surface area contributed by atoms with E-state index < -0.39 is 166 Å². The molecule has 7 N–H and O–H groups in total. The molecule has 7 aromatic carbocycles. The van der Waals surface area contributed by atoms with Gasteiger partial charge in [-0.3, -0.25) is 4.79 Å². The van der Waals surface area contributed by atoms with Crippen molar-refractivity contribution < 1.29 is 111 Å². The molecule has 564 valence electrons. The van der Waals surface area contributed by atoms with Crippen LogP contribution in [-0.4, -0.2) is 203 Å². The Labute approximate surface area is 611 Å². The number of nitrogens with one attached hydrogen (secondary N) is 1. The Morgan fingerprint density at radius 3 is 1.09 bits per heavy atom. The summed E-state index contributed by atoms with van der Waals surface area (Å²) < 4.78 is 112. The molecule has 25 atom stereocenters. The summed E-state index contributed by atoms with van der Waals surface area (Å²) in [6, 6.07) is 65.5. The molecular formula is C81H97NO23. The van der Waals surface area contributed by atoms with E-state index in [9.17, 15) is 35.4 Å². The number of hydrogen-bond donors (Lipinski definition) is 7. The minimum atomic E-state index is -1.90. The number of carbonyl (C=O) groups excluding carboxylic acids is 1. The predicted octanol–water partition coefficient (Wildman–Crippen LogP) is 6.87. The van der Waals surface area contributed by atoms with Gasteiger partial charge in [0.1, 0.15) is 104 Å². The van der Waals surface area contributed by atoms with Crippen LogP contribution in [0.5, 0.6) is 0 Å². The molecule has 5 aliphatic heterocycles. The van der Waals surface area contributed by atoms with Crippen molar-refractivity contribution in [3.63, 3.8) is 0 Å². The third kappa shape index (κ3) is 20.5. The highest BCUT2D eigenvalue weighted by Gasteiger charge is 2.59. The summed E-state index contributed by atoms with van der Waals surface area (Å²) in [5.41, 5.74) is 5.73. The van der Waals surface area contributed by atoms with E-state index in [0.29, 0.717) is 5.56 Å². The Hall–Kier alpha value is -6.87. The van der Waals surface area contributed by atoms with Crippen LogP contribution in [-0.2, 0) is 127 Å². The van der Waals surface area contributed by atoms with E-state index >= 15 is 0 Å². The van der Waals surface area contributed by atoms with Crippen LogP contribution in [0.1, 0.15) is 66.6 Å². The van der Waals surface area contributed by atoms with Gasteiger partial charge in [-0.25, -0.2) is 0 Å². The molecule has 0 radical (unpaired) electrons. The van der Waals surface area contributed by atoms with E-state index in [1.807, 2.05) is 212 Å². The van der Waals surface area contributed by atoms with Gasteiger partial charge in [0.25, 0.3) is 0 Å². The van der Waals surface area contributed by atoms with Gasteiger partial charge in [0.05, 0.1) is 77.8 Å². The minimum absolute atomic E-state index is 0.0000967. The molecule has 0 aromatic heterocycles. The normalized spacial score (nSPS) is 33.6. The molecule has 5 saturated heterocycles. The highest BCUT2D eigenvalue weighted by atomic mass is 16.8. The molecule has 5 fully saturated rings. The zero-order chi connectivity index (χ0) is 73.2. The fraction of sp³-hybridized carbons (Fsp3) is 0.469. The zero-order valence-corrected chi connectivity index (χ0v) is 59.1. The van der Waals surface area contributed by atoms with Gasteiger partial charge in [-0.15, -0.1) is 0 Å². The Kier molecular flexibility index (Phi) is 28.3. The maximum atomic E-state index is 12.9. The highest BCUT2D eigenvalue weighted by Crippen LogP contribution is 2.41. The van der Waals surface area contributed by atoms with E-state index in [2.05, 4.69) is 5.32 Å². The number of ether oxygens (including phenoxy) is 16. The number of aliphatic hydroxyl groups is 6. The number of benzene rings is 7. The lowest BCUT2D eigenvalue weighted by molar-refractivity contribution is -0.412. The highest BCUT2D eigenvalue weighted by molar-refractivity contribution is 5.73. The second kappa shape index (κ2) is 38.3. The predicted molar refractivity (Wildman–Crippen MR) is 377 cm³/mol. The summed E-state index contributed by atoms with van der Waals surface area (Å²) >= 11 is 0. The lowest BCUT2D eigenvalue weighted by atomic mass is 9.94. The van der Waals surface area contributed by atoms with Crippen LogP contribution in [0.3, 0.4) is 0 Å². The average Bonchev–Trinajstić information content (AvgIpc) is 0.761. The first-order valence-corrected chi connectivity index (χ1v) is 35.9. The maximum absolute atomic E-state index is 12.9. The zero-order valence-electron chi connectivity index (χ0n) is 59.1. The fourth-order valence-corrected chi connectivity index (χ4v) is 13.8. The molecule has 0 unspecified atom stereocenters. The number of hydrogen-bond acceptors (Lipinski definition) is 23. The van der Waals surface area contributed by atoms with Crippen LogP contribution in [0.4, 0.5) is 0 Å². The molecular weight excluding hydrogens is 1350 g/mol. The molecule has 0 spiro atoms. The molecule has 0 aliphatic carbocycles. The monoisotopic (exact) mass is 1450 g/mol. The summed E-state index contributed by atoms with van der Waals surface area (Å²) in [5, 5.41) is 71.7. The molecule has 7 aromatic rings. The van der Waals surface area contributed by atoms with Crippen molar-refractivity contribution in [3.8, 4) is 0 Å². The van der Waals surface area contributed by atoms with Crippen molar-refractivity contribution in [2.45, 2.75) is 227 Å². The van der Waals surface area contributed by atoms with Gasteiger partial charge in [0.2, 0.25) is 5.91 Å². The van der Waals surface area contributed by atoms with E-state index in [0.717, 1.165) is 33.4 Å². The minimum Gasteiger partial charge on any atom is -0.394 e. The van der Waals surface area contributed by atoms with E-state index in [4.69, 9.17) is 75.8 Å². The van der Waals surface area contributed by atoms with Crippen molar-refractivity contribution in [2.75, 3.05) is 13.2 Å². The first kappa shape index (κ1) is 77.7. The Morgan fingerprint density at radius 2 is 0.667 bits per heavy atom. The van der Waals surface area contributed by atoms with Crippen LogP contribution in [0.2, 0.25) is 0 Å². The third-order valence-electron chi connectivity index (χ3n) is 19.4. The summed E-state index contributed by atoms with van der Waals surface area (Å²) in [7, 11) is 0. The van der Waals surface area contributed by atoms with Gasteiger partial charge in [-0.2, -0.15) is 0 Å². The van der Waals surface area contributed by atoms with Crippen molar-refractivity contribution in [2.24, 2.45) is 0 Å².